The highest BCUT2D eigenvalue weighted by Crippen LogP contribution is 2.19. The lowest BCUT2D eigenvalue weighted by Crippen LogP contribution is -2.00. The molecule has 0 radical (unpaired) electrons. The van der Waals surface area contributed by atoms with Crippen LogP contribution < -0.4 is 0 Å². The van der Waals surface area contributed by atoms with Crippen LogP contribution in [0.25, 0.3) is 11.4 Å². The monoisotopic (exact) mass is 337 g/mol. The van der Waals surface area contributed by atoms with Gasteiger partial charge in [0.15, 0.2) is 0 Å². The number of rotatable bonds is 1. The second-order valence-electron chi connectivity index (χ2n) is 4.08. The summed E-state index contributed by atoms with van der Waals surface area (Å²) in [7, 11) is 1.95. The van der Waals surface area contributed by atoms with Crippen molar-refractivity contribution in [1.82, 2.24) is 14.5 Å². The Bertz CT molecular complexity index is 651. The molecule has 0 aliphatic rings. The summed E-state index contributed by atoms with van der Waals surface area (Å²) in [5, 5.41) is 0.671. The molecule has 0 atom stereocenters. The van der Waals surface area contributed by atoms with Gasteiger partial charge in [-0.3, -0.25) is 4.98 Å². The number of aryl methyl sites for hydroxylation is 1. The maximum absolute atomic E-state index is 6.08. The van der Waals surface area contributed by atoms with Gasteiger partial charge in [0.25, 0.3) is 0 Å². The molecule has 5 heteroatoms. The third kappa shape index (κ3) is 3.55. The van der Waals surface area contributed by atoms with E-state index in [9.17, 15) is 0 Å². The highest BCUT2D eigenvalue weighted by Gasteiger charge is 2.03. The van der Waals surface area contributed by atoms with Gasteiger partial charge in [-0.15, -0.1) is 0 Å². The molecule has 0 fully saturated rings. The Morgan fingerprint density at radius 3 is 2.79 bits per heavy atom. The average Bonchev–Trinajstić information content (AvgIpc) is 2.42. The van der Waals surface area contributed by atoms with Crippen molar-refractivity contribution < 1.29 is 0 Å². The molecule has 0 aliphatic carbocycles. The maximum Gasteiger partial charge on any atom is 0.141 e. The molecule has 0 aliphatic heterocycles. The van der Waals surface area contributed by atoms with E-state index < -0.39 is 0 Å². The molecule has 2 rings (SSSR count). The topological polar surface area (TPSA) is 30.7 Å². The lowest BCUT2D eigenvalue weighted by molar-refractivity contribution is 0.849. The number of hydrogen-bond acceptors (Lipinski definition) is 2. The first kappa shape index (κ1) is 14.0. The van der Waals surface area contributed by atoms with Crippen LogP contribution in [-0.4, -0.2) is 14.5 Å². The van der Waals surface area contributed by atoms with E-state index >= 15 is 0 Å². The standard InChI is InChI=1S/C14H13BrClN3/c1-10-6-13(16)4-3-5-18-14(19(10)2)11-7-12(15)9-17-8-11/h3-9H,1-2H3. The van der Waals surface area contributed by atoms with E-state index in [1.165, 1.54) is 0 Å². The SMILES string of the molecule is Cc1cc(Cl)cccnc(-c2cncc(Br)c2)n1C. The fraction of sp³-hybridized carbons (Fsp3) is 0.143. The molecule has 2 aromatic heterocycles. The third-order valence-corrected chi connectivity index (χ3v) is 3.36. The first-order chi connectivity index (χ1) is 9.08. The summed E-state index contributed by atoms with van der Waals surface area (Å²) >= 11 is 9.51. The zero-order valence-electron chi connectivity index (χ0n) is 10.6. The van der Waals surface area contributed by atoms with Crippen molar-refractivity contribution in [2.45, 2.75) is 6.92 Å². The van der Waals surface area contributed by atoms with E-state index in [-0.39, 0.29) is 0 Å². The molecule has 19 heavy (non-hydrogen) atoms. The Morgan fingerprint density at radius 1 is 1.26 bits per heavy atom. The summed E-state index contributed by atoms with van der Waals surface area (Å²) in [6.07, 6.45) is 5.26. The van der Waals surface area contributed by atoms with Gasteiger partial charge in [0.05, 0.1) is 0 Å². The molecule has 2 heterocycles. The quantitative estimate of drug-likeness (QED) is 0.775. The van der Waals surface area contributed by atoms with Crippen molar-refractivity contribution in [2.24, 2.45) is 7.05 Å². The number of aromatic nitrogens is 3. The second-order valence-corrected chi connectivity index (χ2v) is 5.43. The summed E-state index contributed by atoms with van der Waals surface area (Å²) in [4.78, 5) is 8.65. The van der Waals surface area contributed by atoms with Crippen molar-refractivity contribution in [3.05, 3.63) is 58.0 Å². The summed E-state index contributed by atoms with van der Waals surface area (Å²) in [5.41, 5.74) is 1.94. The summed E-state index contributed by atoms with van der Waals surface area (Å²) in [6, 6.07) is 7.51. The first-order valence-electron chi connectivity index (χ1n) is 5.71. The predicted molar refractivity (Wildman–Crippen MR) is 81.5 cm³/mol. The highest BCUT2D eigenvalue weighted by molar-refractivity contribution is 9.10. The van der Waals surface area contributed by atoms with E-state index in [0.717, 1.165) is 21.6 Å². The minimum absolute atomic E-state index is 0.671. The molecule has 0 saturated carbocycles. The first-order valence-corrected chi connectivity index (χ1v) is 6.88. The Balaban J connectivity index is 2.74. The zero-order valence-corrected chi connectivity index (χ0v) is 13.0. The van der Waals surface area contributed by atoms with E-state index in [2.05, 4.69) is 25.9 Å². The van der Waals surface area contributed by atoms with Crippen LogP contribution in [0.15, 0.2) is 47.3 Å². The molecule has 0 saturated heterocycles. The molecular weight excluding hydrogens is 326 g/mol. The summed E-state index contributed by atoms with van der Waals surface area (Å²) < 4.78 is 2.90. The van der Waals surface area contributed by atoms with E-state index in [1.807, 2.05) is 42.8 Å². The summed E-state index contributed by atoms with van der Waals surface area (Å²) in [5.74, 6) is 0.818. The number of hydrogen-bond donors (Lipinski definition) is 0. The van der Waals surface area contributed by atoms with Crippen molar-refractivity contribution in [2.75, 3.05) is 0 Å². The largest absolute Gasteiger partial charge is 0.333 e. The molecule has 0 N–H and O–H groups in total. The molecule has 98 valence electrons. The molecular formula is C14H13BrClN3. The molecule has 0 unspecified atom stereocenters. The van der Waals surface area contributed by atoms with Gasteiger partial charge >= 0.3 is 0 Å². The Hall–Kier alpha value is -1.39. The van der Waals surface area contributed by atoms with Crippen LogP contribution in [0.1, 0.15) is 5.69 Å². The van der Waals surface area contributed by atoms with Crippen molar-refractivity contribution in [1.29, 1.82) is 0 Å². The van der Waals surface area contributed by atoms with E-state index in [4.69, 9.17) is 11.6 Å². The van der Waals surface area contributed by atoms with Crippen molar-refractivity contribution in [3.8, 4) is 11.4 Å². The minimum Gasteiger partial charge on any atom is -0.333 e. The van der Waals surface area contributed by atoms with Crippen LogP contribution >= 0.6 is 27.5 Å². The smallest absolute Gasteiger partial charge is 0.141 e. The Morgan fingerprint density at radius 2 is 2.05 bits per heavy atom. The molecule has 2 aromatic rings. The fourth-order valence-electron chi connectivity index (χ4n) is 1.65. The Kier molecular flexibility index (Phi) is 4.56. The van der Waals surface area contributed by atoms with Crippen LogP contribution in [0.4, 0.5) is 0 Å². The zero-order chi connectivity index (χ0) is 13.8. The average molecular weight is 339 g/mol. The fourth-order valence-corrected chi connectivity index (χ4v) is 2.24. The lowest BCUT2D eigenvalue weighted by atomic mass is 10.2. The second kappa shape index (κ2) is 6.17. The van der Waals surface area contributed by atoms with E-state index in [0.29, 0.717) is 5.02 Å². The van der Waals surface area contributed by atoms with Gasteiger partial charge in [0, 0.05) is 46.4 Å². The summed E-state index contributed by atoms with van der Waals surface area (Å²) in [6.45, 7) is 1.99. The molecule has 0 spiro atoms. The van der Waals surface area contributed by atoms with Gasteiger partial charge in [0.1, 0.15) is 5.82 Å². The van der Waals surface area contributed by atoms with Gasteiger partial charge in [-0.1, -0.05) is 11.6 Å². The lowest BCUT2D eigenvalue weighted by Gasteiger charge is -2.08. The maximum atomic E-state index is 6.08. The van der Waals surface area contributed by atoms with Crippen LogP contribution in [0.5, 0.6) is 0 Å². The van der Waals surface area contributed by atoms with Gasteiger partial charge in [-0.25, -0.2) is 4.98 Å². The van der Waals surface area contributed by atoms with Crippen LogP contribution in [-0.2, 0) is 7.05 Å². The minimum atomic E-state index is 0.671. The number of pyridine rings is 1. The predicted octanol–water partition coefficient (Wildman–Crippen LogP) is 4.33. The van der Waals surface area contributed by atoms with Gasteiger partial charge in [-0.2, -0.15) is 0 Å². The third-order valence-electron chi connectivity index (χ3n) is 2.69. The van der Waals surface area contributed by atoms with E-state index in [1.54, 1.807) is 18.6 Å². The van der Waals surface area contributed by atoms with Crippen molar-refractivity contribution >= 4 is 27.5 Å². The number of halogens is 2. The van der Waals surface area contributed by atoms with Gasteiger partial charge < -0.3 is 4.57 Å². The van der Waals surface area contributed by atoms with Gasteiger partial charge in [-0.05, 0) is 47.1 Å². The van der Waals surface area contributed by atoms with Gasteiger partial charge in [0.2, 0.25) is 0 Å². The molecule has 0 amide bonds. The van der Waals surface area contributed by atoms with Crippen molar-refractivity contribution in [3.63, 3.8) is 0 Å². The highest BCUT2D eigenvalue weighted by atomic mass is 79.9. The molecule has 0 aromatic carbocycles. The molecule has 3 nitrogen and oxygen atoms in total. The van der Waals surface area contributed by atoms with Crippen LogP contribution in [0, 0.1) is 6.92 Å². The Labute approximate surface area is 125 Å². The normalized spacial score (nSPS) is 10.1. The van der Waals surface area contributed by atoms with Crippen LogP contribution in [0.3, 0.4) is 0 Å². The molecule has 0 bridgehead atoms. The number of nitrogens with zero attached hydrogens (tertiary/aromatic N) is 3. The van der Waals surface area contributed by atoms with Crippen LogP contribution in [0.2, 0.25) is 5.02 Å².